The largest absolute Gasteiger partial charge is 0.310 e. The van der Waals surface area contributed by atoms with Crippen LogP contribution >= 0.6 is 0 Å². The zero-order valence-electron chi connectivity index (χ0n) is 30.7. The van der Waals surface area contributed by atoms with Crippen molar-refractivity contribution in [2.24, 2.45) is 0 Å². The van der Waals surface area contributed by atoms with E-state index >= 15 is 0 Å². The Labute approximate surface area is 326 Å². The summed E-state index contributed by atoms with van der Waals surface area (Å²) in [6.07, 6.45) is 0. The van der Waals surface area contributed by atoms with Gasteiger partial charge in [-0.25, -0.2) is 0 Å². The van der Waals surface area contributed by atoms with Crippen LogP contribution in [-0.4, -0.2) is 4.57 Å². The van der Waals surface area contributed by atoms with Crippen LogP contribution in [0, 0.1) is 0 Å². The first kappa shape index (κ1) is 32.0. The van der Waals surface area contributed by atoms with Gasteiger partial charge in [-0.3, -0.25) is 0 Å². The Hall–Kier alpha value is -7.42. The molecule has 0 fully saturated rings. The molecule has 1 heterocycles. The number of rotatable bonds is 6. The number of hydrogen-bond donors (Lipinski definition) is 0. The van der Waals surface area contributed by atoms with Crippen molar-refractivity contribution < 1.29 is 0 Å². The smallest absolute Gasteiger partial charge is 0.0542 e. The molecule has 56 heavy (non-hydrogen) atoms. The summed E-state index contributed by atoms with van der Waals surface area (Å²) in [5.74, 6) is 0. The summed E-state index contributed by atoms with van der Waals surface area (Å²) in [4.78, 5) is 2.39. The van der Waals surface area contributed by atoms with Gasteiger partial charge in [0.15, 0.2) is 0 Å². The monoisotopic (exact) mass is 712 g/mol. The molecule has 10 aromatic rings. The van der Waals surface area contributed by atoms with E-state index in [4.69, 9.17) is 0 Å². The molecule has 0 unspecified atom stereocenters. The van der Waals surface area contributed by atoms with Crippen molar-refractivity contribution in [3.63, 3.8) is 0 Å². The zero-order valence-corrected chi connectivity index (χ0v) is 30.7. The lowest BCUT2D eigenvalue weighted by atomic mass is 10.00. The van der Waals surface area contributed by atoms with E-state index in [1.807, 2.05) is 0 Å². The molecule has 1 aliphatic rings. The molecule has 0 spiro atoms. The number of aromatic nitrogens is 1. The zero-order chi connectivity index (χ0) is 37.2. The third kappa shape index (κ3) is 5.19. The Morgan fingerprint density at radius 1 is 0.339 bits per heavy atom. The van der Waals surface area contributed by atoms with Crippen molar-refractivity contribution in [3.8, 4) is 39.1 Å². The molecule has 1 aromatic heterocycles. The normalized spacial score (nSPS) is 12.0. The second kappa shape index (κ2) is 12.9. The molecule has 0 N–H and O–H groups in total. The lowest BCUT2D eigenvalue weighted by Gasteiger charge is -2.26. The van der Waals surface area contributed by atoms with Gasteiger partial charge in [0.2, 0.25) is 0 Å². The number of hydrogen-bond acceptors (Lipinski definition) is 1. The minimum Gasteiger partial charge on any atom is -0.310 e. The summed E-state index contributed by atoms with van der Waals surface area (Å²) >= 11 is 0. The number of anilines is 3. The van der Waals surface area contributed by atoms with E-state index in [-0.39, 0.29) is 0 Å². The SMILES string of the molecule is C=C1c2ccccc2-c2ccc(N(c3ccc(-c4ccc(-c5ccccc5)cc4)cc3)c3ccc4c(c3)c3ccccc3n4-c3ccc4ccccc4c3)cc21. The highest BCUT2D eigenvalue weighted by Gasteiger charge is 2.24. The van der Waals surface area contributed by atoms with Gasteiger partial charge in [0.05, 0.1) is 11.0 Å². The molecular formula is C54H36N2. The van der Waals surface area contributed by atoms with E-state index in [2.05, 4.69) is 222 Å². The molecule has 1 aliphatic carbocycles. The first-order chi connectivity index (χ1) is 27.7. The summed E-state index contributed by atoms with van der Waals surface area (Å²) in [5, 5.41) is 4.91. The maximum Gasteiger partial charge on any atom is 0.0542 e. The van der Waals surface area contributed by atoms with Crippen LogP contribution in [0.4, 0.5) is 17.1 Å². The summed E-state index contributed by atoms with van der Waals surface area (Å²) < 4.78 is 2.40. The Bertz CT molecular complexity index is 3130. The number of fused-ring (bicyclic) bond motifs is 7. The van der Waals surface area contributed by atoms with Gasteiger partial charge >= 0.3 is 0 Å². The fraction of sp³-hybridized carbons (Fsp3) is 0. The van der Waals surface area contributed by atoms with Gasteiger partial charge in [-0.15, -0.1) is 0 Å². The number of para-hydroxylation sites is 1. The molecule has 0 atom stereocenters. The van der Waals surface area contributed by atoms with Crippen molar-refractivity contribution in [1.82, 2.24) is 4.57 Å². The first-order valence-electron chi connectivity index (χ1n) is 19.2. The van der Waals surface area contributed by atoms with E-state index < -0.39 is 0 Å². The summed E-state index contributed by atoms with van der Waals surface area (Å²) in [5.41, 5.74) is 17.6. The van der Waals surface area contributed by atoms with Crippen LogP contribution in [0.5, 0.6) is 0 Å². The van der Waals surface area contributed by atoms with Crippen molar-refractivity contribution in [2.75, 3.05) is 4.90 Å². The molecule has 262 valence electrons. The van der Waals surface area contributed by atoms with Crippen molar-refractivity contribution in [1.29, 1.82) is 0 Å². The molecule has 0 saturated heterocycles. The van der Waals surface area contributed by atoms with Gasteiger partial charge in [0.1, 0.15) is 0 Å². The molecule has 2 nitrogen and oxygen atoms in total. The van der Waals surface area contributed by atoms with Crippen molar-refractivity contribution in [3.05, 3.63) is 224 Å². The van der Waals surface area contributed by atoms with Crippen LogP contribution in [0.3, 0.4) is 0 Å². The van der Waals surface area contributed by atoms with Crippen LogP contribution in [0.1, 0.15) is 11.1 Å². The fourth-order valence-electron chi connectivity index (χ4n) is 8.71. The van der Waals surface area contributed by atoms with Crippen LogP contribution < -0.4 is 4.90 Å². The maximum atomic E-state index is 4.56. The third-order valence-electron chi connectivity index (χ3n) is 11.5. The van der Waals surface area contributed by atoms with Crippen molar-refractivity contribution >= 4 is 55.2 Å². The molecule has 0 radical (unpaired) electrons. The standard InChI is InChI=1S/C54H36N2/c1-36-47-15-7-8-16-48(47)49-31-29-45(34-51(36)49)55(43-26-23-41(24-27-43)40-21-19-39(20-22-40)37-11-3-2-4-12-37)46-30-32-54-52(35-46)50-17-9-10-18-53(50)56(54)44-28-25-38-13-5-6-14-42(38)33-44/h2-35H,1H2. The van der Waals surface area contributed by atoms with Gasteiger partial charge in [-0.2, -0.15) is 0 Å². The van der Waals surface area contributed by atoms with Gasteiger partial charge < -0.3 is 9.47 Å². The van der Waals surface area contributed by atoms with Crippen molar-refractivity contribution in [2.45, 2.75) is 0 Å². The van der Waals surface area contributed by atoms with Crippen LogP contribution in [0.25, 0.3) is 77.2 Å². The molecule has 0 aliphatic heterocycles. The second-order valence-corrected chi connectivity index (χ2v) is 14.7. The predicted molar refractivity (Wildman–Crippen MR) is 237 cm³/mol. The summed E-state index contributed by atoms with van der Waals surface area (Å²) in [6, 6.07) is 74.9. The van der Waals surface area contributed by atoms with E-state index in [0.29, 0.717) is 0 Å². The first-order valence-corrected chi connectivity index (χ1v) is 19.2. The quantitative estimate of drug-likeness (QED) is 0.167. The Morgan fingerprint density at radius 2 is 0.893 bits per heavy atom. The topological polar surface area (TPSA) is 8.17 Å². The molecule has 11 rings (SSSR count). The Morgan fingerprint density at radius 3 is 1.68 bits per heavy atom. The van der Waals surface area contributed by atoms with E-state index in [0.717, 1.165) is 28.3 Å². The molecular weight excluding hydrogens is 677 g/mol. The molecule has 0 saturated carbocycles. The van der Waals surface area contributed by atoms with Crippen LogP contribution in [0.15, 0.2) is 213 Å². The van der Waals surface area contributed by atoms with Gasteiger partial charge in [-0.1, -0.05) is 152 Å². The minimum absolute atomic E-state index is 1.07. The average Bonchev–Trinajstić information content (AvgIpc) is 3.75. The molecule has 0 bridgehead atoms. The Kier molecular flexibility index (Phi) is 7.36. The predicted octanol–water partition coefficient (Wildman–Crippen LogP) is 14.8. The van der Waals surface area contributed by atoms with Gasteiger partial charge in [-0.05, 0) is 122 Å². The molecule has 2 heteroatoms. The lowest BCUT2D eigenvalue weighted by molar-refractivity contribution is 1.18. The lowest BCUT2D eigenvalue weighted by Crippen LogP contribution is -2.10. The highest BCUT2D eigenvalue weighted by molar-refractivity contribution is 6.11. The number of benzene rings is 9. The van der Waals surface area contributed by atoms with E-state index in [1.54, 1.807) is 0 Å². The molecule has 0 amide bonds. The second-order valence-electron chi connectivity index (χ2n) is 14.7. The van der Waals surface area contributed by atoms with E-state index in [1.165, 1.54) is 77.1 Å². The summed E-state index contributed by atoms with van der Waals surface area (Å²) in [6.45, 7) is 4.56. The van der Waals surface area contributed by atoms with Gasteiger partial charge in [0.25, 0.3) is 0 Å². The van der Waals surface area contributed by atoms with Crippen LogP contribution in [-0.2, 0) is 0 Å². The average molecular weight is 713 g/mol. The van der Waals surface area contributed by atoms with Crippen LogP contribution in [0.2, 0.25) is 0 Å². The van der Waals surface area contributed by atoms with Gasteiger partial charge in [0, 0.05) is 33.5 Å². The highest BCUT2D eigenvalue weighted by atomic mass is 15.1. The van der Waals surface area contributed by atoms with E-state index in [9.17, 15) is 0 Å². The third-order valence-corrected chi connectivity index (χ3v) is 11.5. The summed E-state index contributed by atoms with van der Waals surface area (Å²) in [7, 11) is 0. The minimum atomic E-state index is 1.07. The highest BCUT2D eigenvalue weighted by Crippen LogP contribution is 2.47. The Balaban J connectivity index is 1.05. The maximum absolute atomic E-state index is 4.56. The molecule has 9 aromatic carbocycles. The fourth-order valence-corrected chi connectivity index (χ4v) is 8.71. The number of nitrogens with zero attached hydrogens (tertiary/aromatic N) is 2.